The zero-order valence-electron chi connectivity index (χ0n) is 11.3. The average molecular weight is 276 g/mol. The smallest absolute Gasteiger partial charge is 0.223 e. The molecular weight excluding hydrogens is 252 g/mol. The maximum Gasteiger partial charge on any atom is 0.223 e. The van der Waals surface area contributed by atoms with Gasteiger partial charge in [-0.05, 0) is 26.7 Å². The van der Waals surface area contributed by atoms with Crippen molar-refractivity contribution in [3.8, 4) is 0 Å². The van der Waals surface area contributed by atoms with E-state index in [4.69, 9.17) is 0 Å². The van der Waals surface area contributed by atoms with Crippen molar-refractivity contribution in [2.45, 2.75) is 39.2 Å². The third kappa shape index (κ3) is 4.94. The SMILES string of the molecule is CCN(CC)C(=O)CCNC1CCS(=O)(=O)CC1. The fourth-order valence-electron chi connectivity index (χ4n) is 2.21. The van der Waals surface area contributed by atoms with E-state index in [0.717, 1.165) is 13.1 Å². The van der Waals surface area contributed by atoms with Crippen LogP contribution < -0.4 is 5.32 Å². The Balaban J connectivity index is 2.21. The minimum Gasteiger partial charge on any atom is -0.343 e. The number of carbonyl (C=O) groups excluding carboxylic acids is 1. The molecule has 0 unspecified atom stereocenters. The number of sulfone groups is 1. The highest BCUT2D eigenvalue weighted by Gasteiger charge is 2.23. The second-order valence-corrected chi connectivity index (χ2v) is 7.00. The molecule has 1 aliphatic rings. The normalized spacial score (nSPS) is 19.7. The third-order valence-corrected chi connectivity index (χ3v) is 5.16. The van der Waals surface area contributed by atoms with Crippen molar-refractivity contribution >= 4 is 15.7 Å². The van der Waals surface area contributed by atoms with E-state index in [1.54, 1.807) is 0 Å². The maximum absolute atomic E-state index is 11.7. The van der Waals surface area contributed by atoms with Gasteiger partial charge in [0.2, 0.25) is 5.91 Å². The van der Waals surface area contributed by atoms with E-state index >= 15 is 0 Å². The van der Waals surface area contributed by atoms with Crippen LogP contribution in [-0.2, 0) is 14.6 Å². The van der Waals surface area contributed by atoms with E-state index in [0.29, 0.717) is 25.8 Å². The summed E-state index contributed by atoms with van der Waals surface area (Å²) in [6, 6.07) is 0.248. The standard InChI is InChI=1S/C12H24N2O3S/c1-3-14(4-2)12(15)5-8-13-11-6-9-18(16,17)10-7-11/h11,13H,3-10H2,1-2H3. The van der Waals surface area contributed by atoms with Crippen molar-refractivity contribution in [3.05, 3.63) is 0 Å². The van der Waals surface area contributed by atoms with E-state index in [1.807, 2.05) is 18.7 Å². The van der Waals surface area contributed by atoms with Gasteiger partial charge in [0.05, 0.1) is 11.5 Å². The molecule has 1 saturated heterocycles. The first-order valence-electron chi connectivity index (χ1n) is 6.70. The lowest BCUT2D eigenvalue weighted by molar-refractivity contribution is -0.130. The van der Waals surface area contributed by atoms with E-state index in [1.165, 1.54) is 0 Å². The van der Waals surface area contributed by atoms with Crippen LogP contribution in [0.5, 0.6) is 0 Å². The minimum absolute atomic E-state index is 0.163. The monoisotopic (exact) mass is 276 g/mol. The van der Waals surface area contributed by atoms with Crippen molar-refractivity contribution in [2.24, 2.45) is 0 Å². The van der Waals surface area contributed by atoms with E-state index in [-0.39, 0.29) is 23.5 Å². The summed E-state index contributed by atoms with van der Waals surface area (Å²) in [5.74, 6) is 0.708. The molecule has 0 atom stereocenters. The number of hydrogen-bond donors (Lipinski definition) is 1. The third-order valence-electron chi connectivity index (χ3n) is 3.44. The predicted octanol–water partition coefficient (Wildman–Crippen LogP) is 0.412. The topological polar surface area (TPSA) is 66.5 Å². The molecule has 0 aromatic rings. The number of hydrogen-bond acceptors (Lipinski definition) is 4. The summed E-state index contributed by atoms with van der Waals surface area (Å²) in [4.78, 5) is 13.6. The lowest BCUT2D eigenvalue weighted by atomic mass is 10.1. The first-order chi connectivity index (χ1) is 8.48. The van der Waals surface area contributed by atoms with Crippen molar-refractivity contribution < 1.29 is 13.2 Å². The summed E-state index contributed by atoms with van der Waals surface area (Å²) in [7, 11) is -2.79. The molecule has 0 bridgehead atoms. The molecule has 0 radical (unpaired) electrons. The van der Waals surface area contributed by atoms with Gasteiger partial charge in [0, 0.05) is 32.1 Å². The summed E-state index contributed by atoms with van der Waals surface area (Å²) in [6.45, 7) is 6.08. The van der Waals surface area contributed by atoms with Crippen LogP contribution in [0.3, 0.4) is 0 Å². The Hall–Kier alpha value is -0.620. The fourth-order valence-corrected chi connectivity index (χ4v) is 3.70. The number of nitrogens with one attached hydrogen (secondary N) is 1. The van der Waals surface area contributed by atoms with Crippen molar-refractivity contribution in [1.29, 1.82) is 0 Å². The van der Waals surface area contributed by atoms with Crippen LogP contribution in [0.1, 0.15) is 33.1 Å². The largest absolute Gasteiger partial charge is 0.343 e. The van der Waals surface area contributed by atoms with Gasteiger partial charge in [0.25, 0.3) is 0 Å². The molecule has 1 aliphatic heterocycles. The highest BCUT2D eigenvalue weighted by atomic mass is 32.2. The molecule has 1 fully saturated rings. The first kappa shape index (κ1) is 15.4. The molecule has 0 aromatic carbocycles. The number of amides is 1. The van der Waals surface area contributed by atoms with Crippen LogP contribution in [0.2, 0.25) is 0 Å². The molecular formula is C12H24N2O3S. The summed E-state index contributed by atoms with van der Waals surface area (Å²) < 4.78 is 22.5. The molecule has 1 N–H and O–H groups in total. The van der Waals surface area contributed by atoms with Crippen LogP contribution in [0, 0.1) is 0 Å². The first-order valence-corrected chi connectivity index (χ1v) is 8.52. The molecule has 1 heterocycles. The Bertz CT molecular complexity index is 350. The molecule has 0 aromatic heterocycles. The zero-order chi connectivity index (χ0) is 13.6. The lowest BCUT2D eigenvalue weighted by Crippen LogP contribution is -2.40. The van der Waals surface area contributed by atoms with E-state index in [9.17, 15) is 13.2 Å². The van der Waals surface area contributed by atoms with Gasteiger partial charge in [0.1, 0.15) is 9.84 Å². The Morgan fingerprint density at radius 1 is 1.22 bits per heavy atom. The fraction of sp³-hybridized carbons (Fsp3) is 0.917. The van der Waals surface area contributed by atoms with Gasteiger partial charge in [0.15, 0.2) is 0 Å². The predicted molar refractivity (Wildman–Crippen MR) is 72.2 cm³/mol. The number of rotatable bonds is 6. The van der Waals surface area contributed by atoms with Gasteiger partial charge < -0.3 is 10.2 Å². The summed E-state index contributed by atoms with van der Waals surface area (Å²) in [6.07, 6.45) is 1.83. The minimum atomic E-state index is -2.79. The van der Waals surface area contributed by atoms with Gasteiger partial charge in [-0.2, -0.15) is 0 Å². The van der Waals surface area contributed by atoms with Crippen molar-refractivity contribution in [1.82, 2.24) is 10.2 Å². The number of carbonyl (C=O) groups is 1. The van der Waals surface area contributed by atoms with Gasteiger partial charge in [-0.3, -0.25) is 4.79 Å². The molecule has 0 aliphatic carbocycles. The number of nitrogens with zero attached hydrogens (tertiary/aromatic N) is 1. The molecule has 0 spiro atoms. The van der Waals surface area contributed by atoms with Crippen LogP contribution in [0.15, 0.2) is 0 Å². The van der Waals surface area contributed by atoms with Crippen molar-refractivity contribution in [2.75, 3.05) is 31.1 Å². The molecule has 18 heavy (non-hydrogen) atoms. The van der Waals surface area contributed by atoms with Crippen LogP contribution >= 0.6 is 0 Å². The van der Waals surface area contributed by atoms with E-state index in [2.05, 4.69) is 5.32 Å². The summed E-state index contributed by atoms with van der Waals surface area (Å²) in [5, 5.41) is 3.28. The van der Waals surface area contributed by atoms with Gasteiger partial charge in [-0.25, -0.2) is 8.42 Å². The van der Waals surface area contributed by atoms with Crippen LogP contribution in [0.4, 0.5) is 0 Å². The highest BCUT2D eigenvalue weighted by molar-refractivity contribution is 7.91. The van der Waals surface area contributed by atoms with Crippen LogP contribution in [0.25, 0.3) is 0 Å². The second kappa shape index (κ2) is 7.09. The Labute approximate surface area is 110 Å². The van der Waals surface area contributed by atoms with Gasteiger partial charge in [-0.1, -0.05) is 0 Å². The summed E-state index contributed by atoms with van der Waals surface area (Å²) >= 11 is 0. The molecule has 1 rings (SSSR count). The highest BCUT2D eigenvalue weighted by Crippen LogP contribution is 2.11. The van der Waals surface area contributed by atoms with Crippen LogP contribution in [-0.4, -0.2) is 56.4 Å². The lowest BCUT2D eigenvalue weighted by Gasteiger charge is -2.24. The molecule has 0 saturated carbocycles. The summed E-state index contributed by atoms with van der Waals surface area (Å²) in [5.41, 5.74) is 0. The van der Waals surface area contributed by atoms with Gasteiger partial charge >= 0.3 is 0 Å². The Morgan fingerprint density at radius 2 is 1.78 bits per heavy atom. The van der Waals surface area contributed by atoms with E-state index < -0.39 is 9.84 Å². The second-order valence-electron chi connectivity index (χ2n) is 4.70. The average Bonchev–Trinajstić information content (AvgIpc) is 2.33. The Morgan fingerprint density at radius 3 is 2.28 bits per heavy atom. The Kier molecular flexibility index (Phi) is 6.08. The molecule has 5 nitrogen and oxygen atoms in total. The quantitative estimate of drug-likeness (QED) is 0.763. The van der Waals surface area contributed by atoms with Crippen molar-refractivity contribution in [3.63, 3.8) is 0 Å². The maximum atomic E-state index is 11.7. The molecule has 1 amide bonds. The zero-order valence-corrected chi connectivity index (χ0v) is 12.1. The van der Waals surface area contributed by atoms with Gasteiger partial charge in [-0.15, -0.1) is 0 Å². The molecule has 6 heteroatoms. The molecule has 106 valence electrons.